The van der Waals surface area contributed by atoms with Crippen LogP contribution in [0.2, 0.25) is 0 Å². The maximum absolute atomic E-state index is 13.4. The highest BCUT2D eigenvalue weighted by molar-refractivity contribution is 9.10. The van der Waals surface area contributed by atoms with Gasteiger partial charge in [-0.1, -0.05) is 56.1 Å². The molecule has 0 aromatic heterocycles. The van der Waals surface area contributed by atoms with E-state index in [1.807, 2.05) is 0 Å². The lowest BCUT2D eigenvalue weighted by atomic mass is 9.96. The number of nitrogens with one attached hydrogen (secondary N) is 2. The minimum atomic E-state index is -5.08. The zero-order valence-corrected chi connectivity index (χ0v) is 28.7. The first-order valence-corrected chi connectivity index (χ1v) is 15.6. The van der Waals surface area contributed by atoms with Crippen LogP contribution in [0.25, 0.3) is 0 Å². The van der Waals surface area contributed by atoms with Crippen molar-refractivity contribution >= 4 is 55.0 Å². The van der Waals surface area contributed by atoms with Crippen LogP contribution in [0.3, 0.4) is 0 Å². The topological polar surface area (TPSA) is 100 Å². The van der Waals surface area contributed by atoms with Gasteiger partial charge in [-0.05, 0) is 71.8 Å². The summed E-state index contributed by atoms with van der Waals surface area (Å²) in [6.07, 6.45) is -10.00. The maximum atomic E-state index is 13.4. The van der Waals surface area contributed by atoms with E-state index in [0.29, 0.717) is 26.0 Å². The minimum absolute atomic E-state index is 0.0207. The summed E-state index contributed by atoms with van der Waals surface area (Å²) in [5.74, 6) is -0.575. The van der Waals surface area contributed by atoms with E-state index in [1.165, 1.54) is 25.3 Å². The van der Waals surface area contributed by atoms with E-state index in [0.717, 1.165) is 22.6 Å². The quantitative estimate of drug-likeness (QED) is 0.122. The Labute approximate surface area is 293 Å². The van der Waals surface area contributed by atoms with Crippen LogP contribution in [0.4, 0.5) is 42.5 Å². The standard InChI is InChI=1S/C17H14BrF3N2O3.C16H13BrF3NO2/c1-26-12-5-2-10(3-6-12)9-23-14-7-4-11(18)8-13(14)16(25,17(19,20)21)22-15(23)24;1-23-12-5-2-10(3-6-12)9-21-14-7-4-11(17)8-13(14)15(22)16(18,19)20/h2-8,25H,9H2,1H3,(H,22,24);2-8,21H,9H2,1H3. The molecule has 3 N–H and O–H groups in total. The van der Waals surface area contributed by atoms with Gasteiger partial charge in [0, 0.05) is 26.7 Å². The Bertz CT molecular complexity index is 1800. The number of carbonyl (C=O) groups excluding carboxylic acids is 2. The molecule has 1 unspecified atom stereocenters. The summed E-state index contributed by atoms with van der Waals surface area (Å²) in [4.78, 5) is 25.0. The summed E-state index contributed by atoms with van der Waals surface area (Å²) in [6.45, 7) is 0.308. The Morgan fingerprint density at radius 3 is 1.90 bits per heavy atom. The molecular formula is C33H27Br2F6N3O5. The molecule has 0 saturated carbocycles. The average molecular weight is 819 g/mol. The Morgan fingerprint density at radius 1 is 0.837 bits per heavy atom. The van der Waals surface area contributed by atoms with E-state index >= 15 is 0 Å². The zero-order valence-electron chi connectivity index (χ0n) is 25.5. The fraction of sp³-hybridized carbons (Fsp3) is 0.212. The van der Waals surface area contributed by atoms with Gasteiger partial charge < -0.3 is 19.9 Å². The number of hydrogen-bond donors (Lipinski definition) is 3. The van der Waals surface area contributed by atoms with E-state index < -0.39 is 41.0 Å². The number of hydrogen-bond acceptors (Lipinski definition) is 6. The Morgan fingerprint density at radius 2 is 1.37 bits per heavy atom. The molecule has 0 saturated heterocycles. The van der Waals surface area contributed by atoms with Crippen molar-refractivity contribution in [2.24, 2.45) is 0 Å². The van der Waals surface area contributed by atoms with Gasteiger partial charge in [0.15, 0.2) is 0 Å². The first kappa shape index (κ1) is 37.5. The second kappa shape index (κ2) is 15.1. The molecule has 49 heavy (non-hydrogen) atoms. The van der Waals surface area contributed by atoms with Gasteiger partial charge in [-0.2, -0.15) is 26.3 Å². The zero-order chi connectivity index (χ0) is 36.1. The van der Waals surface area contributed by atoms with Gasteiger partial charge in [-0.15, -0.1) is 0 Å². The van der Waals surface area contributed by atoms with Crippen molar-refractivity contribution < 1.29 is 50.5 Å². The van der Waals surface area contributed by atoms with Crippen molar-refractivity contribution in [3.05, 3.63) is 116 Å². The molecule has 1 aliphatic rings. The lowest BCUT2D eigenvalue weighted by molar-refractivity contribution is -0.275. The molecule has 1 heterocycles. The van der Waals surface area contributed by atoms with Crippen LogP contribution in [0.5, 0.6) is 11.5 Å². The van der Waals surface area contributed by atoms with Crippen LogP contribution in [0.1, 0.15) is 27.0 Å². The molecule has 4 aromatic rings. The lowest BCUT2D eigenvalue weighted by Gasteiger charge is -2.41. The van der Waals surface area contributed by atoms with Crippen molar-refractivity contribution in [2.45, 2.75) is 31.2 Å². The summed E-state index contributed by atoms with van der Waals surface area (Å²) in [7, 11) is 3.06. The van der Waals surface area contributed by atoms with Crippen molar-refractivity contribution in [1.82, 2.24) is 5.32 Å². The molecule has 1 aliphatic heterocycles. The highest BCUT2D eigenvalue weighted by Crippen LogP contribution is 2.45. The van der Waals surface area contributed by atoms with Gasteiger partial charge >= 0.3 is 18.4 Å². The number of rotatable bonds is 8. The molecule has 2 amide bonds. The number of urea groups is 1. The second-order valence-electron chi connectivity index (χ2n) is 10.5. The number of amides is 2. The SMILES string of the molecule is COc1ccc(CN2C(=O)NC(O)(C(F)(F)F)c3cc(Br)ccc32)cc1.COc1ccc(CNc2ccc(Br)cc2C(=O)C(F)(F)F)cc1. The lowest BCUT2D eigenvalue weighted by Crippen LogP contribution is -2.62. The van der Waals surface area contributed by atoms with Crippen LogP contribution in [0.15, 0.2) is 93.9 Å². The van der Waals surface area contributed by atoms with Crippen molar-refractivity contribution in [2.75, 3.05) is 24.4 Å². The molecule has 1 atom stereocenters. The van der Waals surface area contributed by atoms with Crippen molar-refractivity contribution in [3.8, 4) is 11.5 Å². The van der Waals surface area contributed by atoms with Gasteiger partial charge in [-0.3, -0.25) is 15.0 Å². The van der Waals surface area contributed by atoms with Gasteiger partial charge in [0.2, 0.25) is 0 Å². The molecule has 5 rings (SSSR count). The summed E-state index contributed by atoms with van der Waals surface area (Å²) >= 11 is 6.19. The number of ketones is 1. The summed E-state index contributed by atoms with van der Waals surface area (Å²) in [5, 5.41) is 14.7. The van der Waals surface area contributed by atoms with E-state index in [4.69, 9.17) is 9.47 Å². The molecule has 0 bridgehead atoms. The Kier molecular flexibility index (Phi) is 11.6. The van der Waals surface area contributed by atoms with Crippen LogP contribution in [0, 0.1) is 0 Å². The largest absolute Gasteiger partial charge is 0.497 e. The first-order chi connectivity index (χ1) is 23.0. The Balaban J connectivity index is 0.000000223. The van der Waals surface area contributed by atoms with E-state index in [9.17, 15) is 41.0 Å². The van der Waals surface area contributed by atoms with Crippen LogP contribution in [-0.4, -0.2) is 43.5 Å². The van der Waals surface area contributed by atoms with Crippen LogP contribution >= 0.6 is 31.9 Å². The maximum Gasteiger partial charge on any atom is 0.454 e. The number of halogens is 8. The first-order valence-electron chi connectivity index (χ1n) is 14.1. The number of nitrogens with zero attached hydrogens (tertiary/aromatic N) is 1. The number of methoxy groups -OCH3 is 2. The number of anilines is 2. The molecule has 0 fully saturated rings. The van der Waals surface area contributed by atoms with E-state index in [2.05, 4.69) is 37.2 Å². The predicted molar refractivity (Wildman–Crippen MR) is 177 cm³/mol. The van der Waals surface area contributed by atoms with Gasteiger partial charge in [0.05, 0.1) is 32.0 Å². The Hall–Kier alpha value is -4.28. The number of benzene rings is 4. The molecule has 260 valence electrons. The van der Waals surface area contributed by atoms with Crippen LogP contribution < -0.4 is 25.0 Å². The number of fused-ring (bicyclic) bond motifs is 1. The number of aliphatic hydroxyl groups is 1. The molecule has 16 heteroatoms. The third kappa shape index (κ3) is 8.85. The van der Waals surface area contributed by atoms with E-state index in [1.54, 1.807) is 67.0 Å². The second-order valence-corrected chi connectivity index (χ2v) is 12.3. The highest BCUT2D eigenvalue weighted by Gasteiger charge is 2.60. The van der Waals surface area contributed by atoms with Gasteiger partial charge in [0.1, 0.15) is 11.5 Å². The fourth-order valence-corrected chi connectivity index (χ4v) is 5.40. The molecular weight excluding hydrogens is 792 g/mol. The summed E-state index contributed by atoms with van der Waals surface area (Å²) < 4.78 is 89.2. The summed E-state index contributed by atoms with van der Waals surface area (Å²) in [5.41, 5.74) is -2.68. The number of ether oxygens (including phenoxy) is 2. The molecule has 0 spiro atoms. The molecule has 4 aromatic carbocycles. The normalized spacial score (nSPS) is 15.7. The average Bonchev–Trinajstić information content (AvgIpc) is 3.05. The number of Topliss-reactive ketones (excluding diaryl/α,β-unsaturated/α-hetero) is 1. The minimum Gasteiger partial charge on any atom is -0.497 e. The third-order valence-corrected chi connectivity index (χ3v) is 8.19. The monoisotopic (exact) mass is 817 g/mol. The molecule has 0 radical (unpaired) electrons. The highest BCUT2D eigenvalue weighted by atomic mass is 79.9. The number of carbonyl (C=O) groups is 2. The molecule has 0 aliphatic carbocycles. The van der Waals surface area contributed by atoms with Crippen molar-refractivity contribution in [1.29, 1.82) is 0 Å². The smallest absolute Gasteiger partial charge is 0.454 e. The van der Waals surface area contributed by atoms with Gasteiger partial charge in [0.25, 0.3) is 11.5 Å². The van der Waals surface area contributed by atoms with E-state index in [-0.39, 0.29) is 24.5 Å². The summed E-state index contributed by atoms with van der Waals surface area (Å²) in [6, 6.07) is 21.0. The third-order valence-electron chi connectivity index (χ3n) is 7.21. The predicted octanol–water partition coefficient (Wildman–Crippen LogP) is 8.71. The van der Waals surface area contributed by atoms with Gasteiger partial charge in [-0.25, -0.2) is 4.79 Å². The molecule has 8 nitrogen and oxygen atoms in total. The number of alkyl halides is 6. The van der Waals surface area contributed by atoms with Crippen molar-refractivity contribution in [3.63, 3.8) is 0 Å². The fourth-order valence-electron chi connectivity index (χ4n) is 4.68. The van der Waals surface area contributed by atoms with Crippen LogP contribution in [-0.2, 0) is 18.8 Å².